The molecule has 1 aliphatic rings. The molecule has 0 radical (unpaired) electrons. The van der Waals surface area contributed by atoms with Crippen LogP contribution < -0.4 is 5.32 Å². The molecule has 0 spiro atoms. The van der Waals surface area contributed by atoms with Crippen LogP contribution in [-0.2, 0) is 6.61 Å². The topological polar surface area (TPSA) is 45.1 Å². The van der Waals surface area contributed by atoms with Crippen molar-refractivity contribution in [3.8, 4) is 0 Å². The van der Waals surface area contributed by atoms with Crippen LogP contribution in [0.25, 0.3) is 0 Å². The summed E-state index contributed by atoms with van der Waals surface area (Å²) in [7, 11) is 0. The van der Waals surface area contributed by atoms with Crippen LogP contribution in [0.4, 0.5) is 0 Å². The molecule has 13 heavy (non-hydrogen) atoms. The van der Waals surface area contributed by atoms with Gasteiger partial charge in [0.25, 0.3) is 0 Å². The molecule has 1 aromatic heterocycles. The maximum absolute atomic E-state index is 8.87. The van der Waals surface area contributed by atoms with Crippen molar-refractivity contribution in [1.29, 1.82) is 0 Å². The molecule has 0 amide bonds. The van der Waals surface area contributed by atoms with Gasteiger partial charge in [-0.3, -0.25) is 0 Å². The predicted octanol–water partition coefficient (Wildman–Crippen LogP) is 1.45. The van der Waals surface area contributed by atoms with Crippen LogP contribution in [0.5, 0.6) is 0 Å². The van der Waals surface area contributed by atoms with Crippen molar-refractivity contribution in [2.45, 2.75) is 31.9 Å². The first-order valence-electron chi connectivity index (χ1n) is 4.68. The van der Waals surface area contributed by atoms with Gasteiger partial charge in [-0.15, -0.1) is 11.3 Å². The minimum absolute atomic E-state index is 0.0587. The van der Waals surface area contributed by atoms with Gasteiger partial charge >= 0.3 is 0 Å². The molecular weight excluding hydrogens is 184 g/mol. The van der Waals surface area contributed by atoms with Crippen molar-refractivity contribution in [2.75, 3.05) is 6.54 Å². The van der Waals surface area contributed by atoms with Crippen molar-refractivity contribution < 1.29 is 5.11 Å². The molecule has 1 unspecified atom stereocenters. The molecule has 1 fully saturated rings. The van der Waals surface area contributed by atoms with Gasteiger partial charge in [0, 0.05) is 5.38 Å². The summed E-state index contributed by atoms with van der Waals surface area (Å²) >= 11 is 1.65. The van der Waals surface area contributed by atoms with Crippen molar-refractivity contribution in [3.05, 3.63) is 16.1 Å². The summed E-state index contributed by atoms with van der Waals surface area (Å²) in [5, 5.41) is 15.4. The summed E-state index contributed by atoms with van der Waals surface area (Å²) in [6.07, 6.45) is 3.73. The highest BCUT2D eigenvalue weighted by Crippen LogP contribution is 2.25. The van der Waals surface area contributed by atoms with Crippen LogP contribution in [-0.4, -0.2) is 16.6 Å². The number of aliphatic hydroxyl groups is 1. The zero-order valence-electron chi connectivity index (χ0n) is 7.49. The van der Waals surface area contributed by atoms with E-state index in [2.05, 4.69) is 10.3 Å². The predicted molar refractivity (Wildman–Crippen MR) is 52.6 cm³/mol. The van der Waals surface area contributed by atoms with E-state index >= 15 is 0 Å². The SMILES string of the molecule is OCc1csc(C2CCCCN2)n1. The highest BCUT2D eigenvalue weighted by atomic mass is 32.1. The smallest absolute Gasteiger partial charge is 0.110 e. The minimum Gasteiger partial charge on any atom is -0.390 e. The molecule has 0 bridgehead atoms. The molecule has 0 saturated carbocycles. The van der Waals surface area contributed by atoms with Gasteiger partial charge in [0.1, 0.15) is 5.01 Å². The Morgan fingerprint density at radius 1 is 1.62 bits per heavy atom. The fourth-order valence-corrected chi connectivity index (χ4v) is 2.54. The van der Waals surface area contributed by atoms with Crippen LogP contribution in [0.15, 0.2) is 5.38 Å². The van der Waals surface area contributed by atoms with Gasteiger partial charge in [-0.1, -0.05) is 6.42 Å². The minimum atomic E-state index is 0.0587. The van der Waals surface area contributed by atoms with E-state index in [4.69, 9.17) is 5.11 Å². The summed E-state index contributed by atoms with van der Waals surface area (Å²) in [5.41, 5.74) is 0.798. The van der Waals surface area contributed by atoms with E-state index in [0.29, 0.717) is 6.04 Å². The van der Waals surface area contributed by atoms with Crippen LogP contribution in [0.2, 0.25) is 0 Å². The largest absolute Gasteiger partial charge is 0.390 e. The lowest BCUT2D eigenvalue weighted by Crippen LogP contribution is -2.26. The normalized spacial score (nSPS) is 23.3. The molecule has 3 nitrogen and oxygen atoms in total. The van der Waals surface area contributed by atoms with Gasteiger partial charge in [0.2, 0.25) is 0 Å². The van der Waals surface area contributed by atoms with Crippen LogP contribution in [0, 0.1) is 0 Å². The standard InChI is InChI=1S/C9H14N2OS/c12-5-7-6-13-9(11-7)8-3-1-2-4-10-8/h6,8,10,12H,1-5H2. The Labute approximate surface area is 81.8 Å². The van der Waals surface area contributed by atoms with Crippen LogP contribution >= 0.6 is 11.3 Å². The molecule has 2 heterocycles. The fourth-order valence-electron chi connectivity index (χ4n) is 1.62. The van der Waals surface area contributed by atoms with Gasteiger partial charge in [-0.05, 0) is 19.4 Å². The lowest BCUT2D eigenvalue weighted by Gasteiger charge is -2.21. The summed E-state index contributed by atoms with van der Waals surface area (Å²) in [5.74, 6) is 0. The van der Waals surface area contributed by atoms with E-state index in [0.717, 1.165) is 17.2 Å². The maximum atomic E-state index is 8.87. The van der Waals surface area contributed by atoms with Gasteiger partial charge < -0.3 is 10.4 Å². The van der Waals surface area contributed by atoms with E-state index in [1.807, 2.05) is 5.38 Å². The summed E-state index contributed by atoms with van der Waals surface area (Å²) in [6, 6.07) is 0.430. The molecular formula is C9H14N2OS. The fraction of sp³-hybridized carbons (Fsp3) is 0.667. The van der Waals surface area contributed by atoms with E-state index in [1.165, 1.54) is 19.3 Å². The third-order valence-corrected chi connectivity index (χ3v) is 3.35. The number of aliphatic hydroxyl groups excluding tert-OH is 1. The van der Waals surface area contributed by atoms with Crippen LogP contribution in [0.3, 0.4) is 0 Å². The highest BCUT2D eigenvalue weighted by molar-refractivity contribution is 7.09. The second-order valence-corrected chi connectivity index (χ2v) is 4.23. The average Bonchev–Trinajstić information content (AvgIpc) is 2.67. The monoisotopic (exact) mass is 198 g/mol. The Morgan fingerprint density at radius 2 is 2.54 bits per heavy atom. The number of hydrogen-bond donors (Lipinski definition) is 2. The van der Waals surface area contributed by atoms with Crippen molar-refractivity contribution >= 4 is 11.3 Å². The number of aromatic nitrogens is 1. The first-order chi connectivity index (χ1) is 6.40. The first-order valence-corrected chi connectivity index (χ1v) is 5.56. The van der Waals surface area contributed by atoms with E-state index in [9.17, 15) is 0 Å². The zero-order chi connectivity index (χ0) is 9.10. The van der Waals surface area contributed by atoms with Gasteiger partial charge in [-0.2, -0.15) is 0 Å². The van der Waals surface area contributed by atoms with Crippen molar-refractivity contribution in [2.24, 2.45) is 0 Å². The number of rotatable bonds is 2. The zero-order valence-corrected chi connectivity index (χ0v) is 8.31. The molecule has 0 aliphatic carbocycles. The second-order valence-electron chi connectivity index (χ2n) is 3.34. The van der Waals surface area contributed by atoms with Gasteiger partial charge in [-0.25, -0.2) is 4.98 Å². The third kappa shape index (κ3) is 2.07. The molecule has 4 heteroatoms. The summed E-state index contributed by atoms with van der Waals surface area (Å²) < 4.78 is 0. The number of hydrogen-bond acceptors (Lipinski definition) is 4. The Kier molecular flexibility index (Phi) is 2.93. The quantitative estimate of drug-likeness (QED) is 0.756. The molecule has 0 aromatic carbocycles. The maximum Gasteiger partial charge on any atom is 0.110 e. The molecule has 2 rings (SSSR count). The van der Waals surface area contributed by atoms with Crippen LogP contribution in [0.1, 0.15) is 36.0 Å². The molecule has 2 N–H and O–H groups in total. The molecule has 1 saturated heterocycles. The van der Waals surface area contributed by atoms with E-state index in [-0.39, 0.29) is 6.61 Å². The molecule has 72 valence electrons. The Morgan fingerprint density at radius 3 is 3.15 bits per heavy atom. The number of nitrogens with zero attached hydrogens (tertiary/aromatic N) is 1. The number of thiazole rings is 1. The summed E-state index contributed by atoms with van der Waals surface area (Å²) in [4.78, 5) is 4.36. The molecule has 1 aromatic rings. The number of nitrogens with one attached hydrogen (secondary N) is 1. The van der Waals surface area contributed by atoms with Gasteiger partial charge in [0.05, 0.1) is 18.3 Å². The Hall–Kier alpha value is -0.450. The van der Waals surface area contributed by atoms with Crippen molar-refractivity contribution in [1.82, 2.24) is 10.3 Å². The summed E-state index contributed by atoms with van der Waals surface area (Å²) in [6.45, 7) is 1.15. The van der Waals surface area contributed by atoms with E-state index in [1.54, 1.807) is 11.3 Å². The van der Waals surface area contributed by atoms with E-state index < -0.39 is 0 Å². The molecule has 1 atom stereocenters. The molecule has 1 aliphatic heterocycles. The Bertz CT molecular complexity index is 268. The Balaban J connectivity index is 2.05. The first kappa shape index (κ1) is 9.12. The second kappa shape index (κ2) is 4.17. The highest BCUT2D eigenvalue weighted by Gasteiger charge is 2.17. The van der Waals surface area contributed by atoms with Gasteiger partial charge in [0.15, 0.2) is 0 Å². The average molecular weight is 198 g/mol. The lowest BCUT2D eigenvalue weighted by atomic mass is 10.1. The van der Waals surface area contributed by atoms with Crippen molar-refractivity contribution in [3.63, 3.8) is 0 Å². The third-order valence-electron chi connectivity index (χ3n) is 2.34. The lowest BCUT2D eigenvalue weighted by molar-refractivity contribution is 0.277. The number of piperidine rings is 1.